The van der Waals surface area contributed by atoms with E-state index in [0.29, 0.717) is 5.92 Å². The van der Waals surface area contributed by atoms with Crippen LogP contribution in [0.1, 0.15) is 17.2 Å². The average Bonchev–Trinajstić information content (AvgIpc) is 3.15. The Morgan fingerprint density at radius 2 is 1.45 bits per heavy atom. The van der Waals surface area contributed by atoms with Crippen molar-refractivity contribution in [2.75, 3.05) is 25.1 Å². The normalized spacial score (nSPS) is 23.1. The van der Waals surface area contributed by atoms with Gasteiger partial charge in [0.1, 0.15) is 0 Å². The summed E-state index contributed by atoms with van der Waals surface area (Å²) in [5.74, 6) is 0.339. The number of likely N-dealkylation sites (tertiary alicyclic amines) is 1. The predicted molar refractivity (Wildman–Crippen MR) is 121 cm³/mol. The van der Waals surface area contributed by atoms with Crippen LogP contribution in [0.2, 0.25) is 0 Å². The monoisotopic (exact) mass is 379 g/mol. The fourth-order valence-electron chi connectivity index (χ4n) is 4.53. The summed E-state index contributed by atoms with van der Waals surface area (Å²) in [5, 5.41) is 7.43. The summed E-state index contributed by atoms with van der Waals surface area (Å²) in [6.07, 6.45) is 2.30. The van der Waals surface area contributed by atoms with E-state index in [1.165, 1.54) is 22.4 Å². The molecular formula is C26H25N3. The van der Waals surface area contributed by atoms with Crippen molar-refractivity contribution < 1.29 is 0 Å². The molecule has 1 fully saturated rings. The molecule has 0 N–H and O–H groups in total. The topological polar surface area (TPSA) is 18.8 Å². The number of benzene rings is 3. The molecule has 0 aliphatic carbocycles. The van der Waals surface area contributed by atoms with E-state index in [1.54, 1.807) is 0 Å². The smallest absolute Gasteiger partial charge is 0.0872 e. The maximum Gasteiger partial charge on any atom is 0.0872 e. The molecule has 29 heavy (non-hydrogen) atoms. The number of hydrazone groups is 1. The number of piperidine rings is 1. The van der Waals surface area contributed by atoms with E-state index in [9.17, 15) is 0 Å². The van der Waals surface area contributed by atoms with Crippen molar-refractivity contribution in [1.82, 2.24) is 4.90 Å². The van der Waals surface area contributed by atoms with Gasteiger partial charge in [-0.1, -0.05) is 78.9 Å². The van der Waals surface area contributed by atoms with Gasteiger partial charge in [-0.05, 0) is 42.0 Å². The largest absolute Gasteiger partial charge is 0.301 e. The number of hydrogen-bond acceptors (Lipinski definition) is 3. The summed E-state index contributed by atoms with van der Waals surface area (Å²) in [6.45, 7) is 1.93. The van der Waals surface area contributed by atoms with E-state index in [4.69, 9.17) is 5.10 Å². The van der Waals surface area contributed by atoms with E-state index < -0.39 is 0 Å². The molecule has 0 radical (unpaired) electrons. The molecular weight excluding hydrogens is 354 g/mol. The molecule has 2 atom stereocenters. The quantitative estimate of drug-likeness (QED) is 0.619. The van der Waals surface area contributed by atoms with Gasteiger partial charge in [0.25, 0.3) is 0 Å². The van der Waals surface area contributed by atoms with Crippen LogP contribution in [0.5, 0.6) is 0 Å². The van der Waals surface area contributed by atoms with Crippen LogP contribution in [0.15, 0.2) is 102 Å². The zero-order chi connectivity index (χ0) is 19.6. The summed E-state index contributed by atoms with van der Waals surface area (Å²) in [5.41, 5.74) is 6.23. The molecule has 3 aromatic carbocycles. The fraction of sp³-hybridized carbons (Fsp3) is 0.192. The molecule has 0 aromatic heterocycles. The van der Waals surface area contributed by atoms with E-state index in [0.717, 1.165) is 18.8 Å². The van der Waals surface area contributed by atoms with Gasteiger partial charge in [-0.2, -0.15) is 5.10 Å². The minimum Gasteiger partial charge on any atom is -0.301 e. The van der Waals surface area contributed by atoms with E-state index in [-0.39, 0.29) is 6.04 Å². The average molecular weight is 380 g/mol. The first kappa shape index (κ1) is 17.9. The molecule has 0 saturated carbocycles. The van der Waals surface area contributed by atoms with Gasteiger partial charge in [-0.15, -0.1) is 0 Å². The summed E-state index contributed by atoms with van der Waals surface area (Å²) >= 11 is 0. The van der Waals surface area contributed by atoms with Gasteiger partial charge in [-0.3, -0.25) is 5.01 Å². The van der Waals surface area contributed by atoms with E-state index in [2.05, 4.69) is 114 Å². The van der Waals surface area contributed by atoms with Crippen molar-refractivity contribution in [3.8, 4) is 0 Å². The van der Waals surface area contributed by atoms with Crippen molar-refractivity contribution in [3.05, 3.63) is 108 Å². The highest BCUT2D eigenvalue weighted by Gasteiger charge is 2.43. The maximum absolute atomic E-state index is 5.21. The number of fused-ring (bicyclic) bond motifs is 1. The molecule has 3 heteroatoms. The molecule has 5 rings (SSSR count). The van der Waals surface area contributed by atoms with Crippen LogP contribution >= 0.6 is 0 Å². The molecule has 144 valence electrons. The molecule has 0 bridgehead atoms. The highest BCUT2D eigenvalue weighted by atomic mass is 15.5. The molecule has 2 aliphatic heterocycles. The lowest BCUT2D eigenvalue weighted by Crippen LogP contribution is -2.41. The van der Waals surface area contributed by atoms with Gasteiger partial charge in [0.05, 0.1) is 17.4 Å². The summed E-state index contributed by atoms with van der Waals surface area (Å²) < 4.78 is 0. The third-order valence-corrected chi connectivity index (χ3v) is 5.79. The second-order valence-corrected chi connectivity index (χ2v) is 7.90. The molecule has 3 nitrogen and oxygen atoms in total. The van der Waals surface area contributed by atoms with Gasteiger partial charge in [0.2, 0.25) is 0 Å². The Labute approximate surface area is 172 Å². The first-order chi connectivity index (χ1) is 14.3. The number of hydrogen-bond donors (Lipinski definition) is 0. The number of likely N-dealkylation sites (N-methyl/N-ethyl adjacent to an activating group) is 1. The Balaban J connectivity index is 1.62. The Morgan fingerprint density at radius 1 is 0.828 bits per heavy atom. The highest BCUT2D eigenvalue weighted by molar-refractivity contribution is 6.08. The second-order valence-electron chi connectivity index (χ2n) is 7.90. The summed E-state index contributed by atoms with van der Waals surface area (Å²) in [4.78, 5) is 2.42. The second kappa shape index (κ2) is 7.69. The SMILES string of the molecule is CN1C/C(=C/c2ccccc2)C2=NN(c3ccccc3)[C@@H](c3ccccc3)[C@@H]2C1. The van der Waals surface area contributed by atoms with Crippen molar-refractivity contribution in [2.45, 2.75) is 6.04 Å². The molecule has 2 aliphatic rings. The van der Waals surface area contributed by atoms with Crippen molar-refractivity contribution >= 4 is 17.5 Å². The molecule has 1 saturated heterocycles. The Bertz CT molecular complexity index is 1030. The van der Waals surface area contributed by atoms with Crippen molar-refractivity contribution in [3.63, 3.8) is 0 Å². The van der Waals surface area contributed by atoms with Crippen molar-refractivity contribution in [1.29, 1.82) is 0 Å². The molecule has 3 aromatic rings. The predicted octanol–water partition coefficient (Wildman–Crippen LogP) is 5.25. The minimum atomic E-state index is 0.204. The van der Waals surface area contributed by atoms with Crippen LogP contribution in [0, 0.1) is 5.92 Å². The zero-order valence-corrected chi connectivity index (χ0v) is 16.6. The lowest BCUT2D eigenvalue weighted by atomic mass is 9.83. The molecule has 0 unspecified atom stereocenters. The fourth-order valence-corrected chi connectivity index (χ4v) is 4.53. The standard InChI is InChI=1S/C26H25N3/c1-28-18-22(17-20-11-5-2-6-12-20)25-24(19-28)26(21-13-7-3-8-14-21)29(27-25)23-15-9-4-10-16-23/h2-17,24,26H,18-19H2,1H3/b22-17-/t24-,26+/m1/s1. The van der Waals surface area contributed by atoms with E-state index in [1.807, 2.05) is 0 Å². The maximum atomic E-state index is 5.21. The summed E-state index contributed by atoms with van der Waals surface area (Å²) in [6, 6.07) is 32.1. The van der Waals surface area contributed by atoms with Gasteiger partial charge >= 0.3 is 0 Å². The van der Waals surface area contributed by atoms with Crippen LogP contribution in [-0.4, -0.2) is 30.7 Å². The van der Waals surface area contributed by atoms with Crippen LogP contribution < -0.4 is 5.01 Å². The number of nitrogens with zero attached hydrogens (tertiary/aromatic N) is 3. The number of anilines is 1. The minimum absolute atomic E-state index is 0.204. The van der Waals surface area contributed by atoms with Crippen LogP contribution in [-0.2, 0) is 0 Å². The Hall–Kier alpha value is -3.17. The molecule has 2 heterocycles. The molecule has 0 spiro atoms. The lowest BCUT2D eigenvalue weighted by Gasteiger charge is -2.34. The first-order valence-electron chi connectivity index (χ1n) is 10.2. The lowest BCUT2D eigenvalue weighted by molar-refractivity contribution is 0.303. The number of para-hydroxylation sites is 1. The zero-order valence-electron chi connectivity index (χ0n) is 16.6. The Kier molecular flexibility index (Phi) is 4.74. The third kappa shape index (κ3) is 3.50. The van der Waals surface area contributed by atoms with Crippen LogP contribution in [0.25, 0.3) is 6.08 Å². The number of rotatable bonds is 3. The van der Waals surface area contributed by atoms with Gasteiger partial charge < -0.3 is 4.90 Å². The summed E-state index contributed by atoms with van der Waals surface area (Å²) in [7, 11) is 2.21. The Morgan fingerprint density at radius 3 is 2.14 bits per heavy atom. The third-order valence-electron chi connectivity index (χ3n) is 5.79. The van der Waals surface area contributed by atoms with E-state index >= 15 is 0 Å². The van der Waals surface area contributed by atoms with Gasteiger partial charge in [0, 0.05) is 19.0 Å². The van der Waals surface area contributed by atoms with Gasteiger partial charge in [0.15, 0.2) is 0 Å². The highest BCUT2D eigenvalue weighted by Crippen LogP contribution is 2.42. The molecule has 0 amide bonds. The van der Waals surface area contributed by atoms with Crippen LogP contribution in [0.3, 0.4) is 0 Å². The van der Waals surface area contributed by atoms with Crippen LogP contribution in [0.4, 0.5) is 5.69 Å². The van der Waals surface area contributed by atoms with Crippen molar-refractivity contribution in [2.24, 2.45) is 11.0 Å². The first-order valence-corrected chi connectivity index (χ1v) is 10.2. The van der Waals surface area contributed by atoms with Gasteiger partial charge in [-0.25, -0.2) is 0 Å².